The van der Waals surface area contributed by atoms with Gasteiger partial charge in [-0.2, -0.15) is 0 Å². The maximum atomic E-state index is 12.5. The highest BCUT2D eigenvalue weighted by molar-refractivity contribution is 5.91. The molecule has 0 aromatic heterocycles. The van der Waals surface area contributed by atoms with Gasteiger partial charge in [0, 0.05) is 12.6 Å². The monoisotopic (exact) mass is 331 g/mol. The topological polar surface area (TPSA) is 66.8 Å². The van der Waals surface area contributed by atoms with Gasteiger partial charge in [-0.1, -0.05) is 25.0 Å². The van der Waals surface area contributed by atoms with Gasteiger partial charge in [-0.3, -0.25) is 4.79 Å². The summed E-state index contributed by atoms with van der Waals surface area (Å²) >= 11 is 0. The van der Waals surface area contributed by atoms with Crippen molar-refractivity contribution in [3.63, 3.8) is 0 Å². The largest absolute Gasteiger partial charge is 0.452 e. The molecule has 1 aliphatic carbocycles. The van der Waals surface area contributed by atoms with Gasteiger partial charge < -0.3 is 14.7 Å². The third-order valence-corrected chi connectivity index (χ3v) is 5.26. The van der Waals surface area contributed by atoms with Crippen molar-refractivity contribution in [2.45, 2.75) is 51.2 Å². The quantitative estimate of drug-likeness (QED) is 0.861. The second kappa shape index (κ2) is 7.79. The number of benzene rings is 1. The summed E-state index contributed by atoms with van der Waals surface area (Å²) in [6.45, 7) is 0.526. The van der Waals surface area contributed by atoms with Crippen LogP contribution in [0.4, 0.5) is 0 Å². The number of aliphatic hydroxyl groups excluding tert-OH is 1. The smallest absolute Gasteiger partial charge is 0.338 e. The van der Waals surface area contributed by atoms with Crippen molar-refractivity contribution in [2.24, 2.45) is 5.92 Å². The number of nitrogens with zero attached hydrogens (tertiary/aromatic N) is 1. The lowest BCUT2D eigenvalue weighted by Gasteiger charge is -2.44. The number of aliphatic hydroxyl groups is 1. The Hall–Kier alpha value is -1.88. The van der Waals surface area contributed by atoms with Crippen molar-refractivity contribution >= 4 is 11.9 Å². The van der Waals surface area contributed by atoms with Gasteiger partial charge in [0.15, 0.2) is 6.61 Å². The van der Waals surface area contributed by atoms with E-state index >= 15 is 0 Å². The van der Waals surface area contributed by atoms with Crippen LogP contribution in [0.2, 0.25) is 0 Å². The molecule has 1 saturated heterocycles. The normalized spacial score (nSPS) is 23.5. The fourth-order valence-electron chi connectivity index (χ4n) is 3.97. The van der Waals surface area contributed by atoms with Gasteiger partial charge in [0.2, 0.25) is 0 Å². The lowest BCUT2D eigenvalue weighted by atomic mass is 9.78. The molecule has 2 fully saturated rings. The Morgan fingerprint density at radius 1 is 1.08 bits per heavy atom. The van der Waals surface area contributed by atoms with Crippen molar-refractivity contribution < 1.29 is 19.4 Å². The van der Waals surface area contributed by atoms with E-state index in [4.69, 9.17) is 9.84 Å². The molecule has 0 bridgehead atoms. The molecule has 2 atom stereocenters. The van der Waals surface area contributed by atoms with Gasteiger partial charge in [0.1, 0.15) is 0 Å². The van der Waals surface area contributed by atoms with Crippen LogP contribution in [0.1, 0.15) is 54.4 Å². The Kier molecular flexibility index (Phi) is 5.51. The third kappa shape index (κ3) is 3.78. The van der Waals surface area contributed by atoms with Gasteiger partial charge in [-0.15, -0.1) is 0 Å². The highest BCUT2D eigenvalue weighted by atomic mass is 16.5. The Morgan fingerprint density at radius 2 is 1.79 bits per heavy atom. The Bertz CT molecular complexity index is 582. The number of hydrogen-bond donors (Lipinski definition) is 1. The molecule has 3 rings (SSSR count). The molecule has 5 heteroatoms. The van der Waals surface area contributed by atoms with Crippen LogP contribution in [-0.2, 0) is 16.1 Å². The number of esters is 1. The minimum atomic E-state index is -0.495. The summed E-state index contributed by atoms with van der Waals surface area (Å²) in [5.74, 6) is 0.0511. The highest BCUT2D eigenvalue weighted by Crippen LogP contribution is 2.35. The van der Waals surface area contributed by atoms with E-state index in [1.165, 1.54) is 25.7 Å². The van der Waals surface area contributed by atoms with Crippen molar-refractivity contribution in [1.29, 1.82) is 0 Å². The van der Waals surface area contributed by atoms with Crippen LogP contribution in [0.25, 0.3) is 0 Å². The summed E-state index contributed by atoms with van der Waals surface area (Å²) < 4.78 is 5.20. The van der Waals surface area contributed by atoms with Crippen LogP contribution in [0, 0.1) is 5.92 Å². The maximum absolute atomic E-state index is 12.5. The number of hydrogen-bond acceptors (Lipinski definition) is 4. The van der Waals surface area contributed by atoms with E-state index in [2.05, 4.69) is 0 Å². The van der Waals surface area contributed by atoms with Crippen molar-refractivity contribution in [3.05, 3.63) is 35.4 Å². The molecule has 1 aliphatic heterocycles. The summed E-state index contributed by atoms with van der Waals surface area (Å²) in [6, 6.07) is 6.90. The molecule has 1 aromatic rings. The minimum Gasteiger partial charge on any atom is -0.452 e. The first-order chi connectivity index (χ1) is 11.7. The summed E-state index contributed by atoms with van der Waals surface area (Å²) in [6.07, 6.45) is 7.00. The number of amides is 1. The molecule has 130 valence electrons. The van der Waals surface area contributed by atoms with Crippen LogP contribution >= 0.6 is 0 Å². The minimum absolute atomic E-state index is 0.0642. The average molecular weight is 331 g/mol. The summed E-state index contributed by atoms with van der Waals surface area (Å²) in [5, 5.41) is 9.02. The lowest BCUT2D eigenvalue weighted by Crippen LogP contribution is -2.50. The molecule has 0 spiro atoms. The van der Waals surface area contributed by atoms with Crippen LogP contribution < -0.4 is 0 Å². The zero-order valence-electron chi connectivity index (χ0n) is 13.9. The molecule has 1 amide bonds. The summed E-state index contributed by atoms with van der Waals surface area (Å²) in [7, 11) is 0. The SMILES string of the molecule is O=C(OCC(=O)N1CCC[C@@H]2CCCC[C@@H]21)c1ccc(CO)cc1. The summed E-state index contributed by atoms with van der Waals surface area (Å²) in [5.41, 5.74) is 1.13. The van der Waals surface area contributed by atoms with Crippen molar-refractivity contribution in [3.8, 4) is 0 Å². The number of rotatable bonds is 4. The molecule has 0 unspecified atom stereocenters. The van der Waals surface area contributed by atoms with E-state index in [-0.39, 0.29) is 19.1 Å². The molecule has 1 heterocycles. The molecular formula is C19H25NO4. The number of likely N-dealkylation sites (tertiary alicyclic amines) is 1. The standard InChI is InChI=1S/C19H25NO4/c21-12-14-7-9-16(10-8-14)19(23)24-13-18(22)20-11-3-5-15-4-1-2-6-17(15)20/h7-10,15,17,21H,1-6,11-13H2/t15-,17-/m0/s1. The maximum Gasteiger partial charge on any atom is 0.338 e. The van der Waals surface area contributed by atoms with E-state index < -0.39 is 5.97 Å². The number of carbonyl (C=O) groups excluding carboxylic acids is 2. The van der Waals surface area contributed by atoms with E-state index in [0.717, 1.165) is 24.9 Å². The first kappa shape index (κ1) is 17.0. The number of piperidine rings is 1. The number of ether oxygens (including phenoxy) is 1. The molecule has 1 saturated carbocycles. The van der Waals surface area contributed by atoms with Gasteiger partial charge >= 0.3 is 5.97 Å². The second-order valence-corrected chi connectivity index (χ2v) is 6.77. The fourth-order valence-corrected chi connectivity index (χ4v) is 3.97. The highest BCUT2D eigenvalue weighted by Gasteiger charge is 2.35. The van der Waals surface area contributed by atoms with Gasteiger partial charge in [0.25, 0.3) is 5.91 Å². The first-order valence-electron chi connectivity index (χ1n) is 8.85. The van der Waals surface area contributed by atoms with Crippen LogP contribution in [0.5, 0.6) is 0 Å². The van der Waals surface area contributed by atoms with Crippen LogP contribution in [-0.4, -0.2) is 41.1 Å². The average Bonchev–Trinajstić information content (AvgIpc) is 2.65. The third-order valence-electron chi connectivity index (χ3n) is 5.26. The predicted molar refractivity (Wildman–Crippen MR) is 89.3 cm³/mol. The molecule has 24 heavy (non-hydrogen) atoms. The van der Waals surface area contributed by atoms with Crippen molar-refractivity contribution in [1.82, 2.24) is 4.90 Å². The molecule has 1 aromatic carbocycles. The Morgan fingerprint density at radius 3 is 2.54 bits per heavy atom. The molecule has 0 radical (unpaired) electrons. The van der Waals surface area contributed by atoms with Crippen molar-refractivity contribution in [2.75, 3.05) is 13.2 Å². The molecular weight excluding hydrogens is 306 g/mol. The van der Waals surface area contributed by atoms with Crippen LogP contribution in [0.3, 0.4) is 0 Å². The zero-order chi connectivity index (χ0) is 16.9. The fraction of sp³-hybridized carbons (Fsp3) is 0.579. The van der Waals surface area contributed by atoms with E-state index in [9.17, 15) is 9.59 Å². The molecule has 2 aliphatic rings. The van der Waals surface area contributed by atoms with Gasteiger partial charge in [0.05, 0.1) is 12.2 Å². The number of carbonyl (C=O) groups is 2. The Balaban J connectivity index is 1.55. The number of fused-ring (bicyclic) bond motifs is 1. The second-order valence-electron chi connectivity index (χ2n) is 6.77. The van der Waals surface area contributed by atoms with Gasteiger partial charge in [-0.05, 0) is 49.3 Å². The van der Waals surface area contributed by atoms with Gasteiger partial charge in [-0.25, -0.2) is 4.79 Å². The lowest BCUT2D eigenvalue weighted by molar-refractivity contribution is -0.140. The first-order valence-corrected chi connectivity index (χ1v) is 8.85. The summed E-state index contributed by atoms with van der Waals surface area (Å²) in [4.78, 5) is 26.5. The molecule has 5 nitrogen and oxygen atoms in total. The van der Waals surface area contributed by atoms with Crippen LogP contribution in [0.15, 0.2) is 24.3 Å². The zero-order valence-corrected chi connectivity index (χ0v) is 13.9. The van der Waals surface area contributed by atoms with E-state index in [0.29, 0.717) is 17.5 Å². The van der Waals surface area contributed by atoms with E-state index in [1.807, 2.05) is 4.90 Å². The van der Waals surface area contributed by atoms with E-state index in [1.54, 1.807) is 24.3 Å². The molecule has 1 N–H and O–H groups in total. The predicted octanol–water partition coefficient (Wildman–Crippen LogP) is 2.52. The Labute approximate surface area is 142 Å².